The SMILES string of the molecule is NC(=O)N(O)CC1=Cc2cc(OCc3cccnc3)ccc2OC1. The second kappa shape index (κ2) is 7.01. The summed E-state index contributed by atoms with van der Waals surface area (Å²) in [6.07, 6.45) is 5.31. The fourth-order valence-electron chi connectivity index (χ4n) is 2.30. The number of nitrogens with two attached hydrogens (primary N) is 1. The van der Waals surface area contributed by atoms with Gasteiger partial charge in [-0.3, -0.25) is 10.2 Å². The zero-order valence-corrected chi connectivity index (χ0v) is 12.9. The van der Waals surface area contributed by atoms with E-state index in [-0.39, 0.29) is 13.2 Å². The van der Waals surface area contributed by atoms with Crippen molar-refractivity contribution < 1.29 is 19.5 Å². The Morgan fingerprint density at radius 2 is 2.29 bits per heavy atom. The van der Waals surface area contributed by atoms with E-state index in [2.05, 4.69) is 4.98 Å². The molecule has 0 saturated heterocycles. The Morgan fingerprint density at radius 1 is 1.42 bits per heavy atom. The van der Waals surface area contributed by atoms with Crippen molar-refractivity contribution in [2.24, 2.45) is 5.73 Å². The van der Waals surface area contributed by atoms with Crippen LogP contribution in [0.15, 0.2) is 48.3 Å². The Labute approximate surface area is 138 Å². The van der Waals surface area contributed by atoms with E-state index in [1.54, 1.807) is 12.4 Å². The molecule has 1 aromatic carbocycles. The molecule has 0 saturated carbocycles. The molecular weight excluding hydrogens is 310 g/mol. The normalized spacial score (nSPS) is 12.6. The minimum absolute atomic E-state index is 0.00442. The van der Waals surface area contributed by atoms with E-state index in [4.69, 9.17) is 15.2 Å². The lowest BCUT2D eigenvalue weighted by molar-refractivity contribution is -0.0321. The second-order valence-electron chi connectivity index (χ2n) is 5.34. The van der Waals surface area contributed by atoms with E-state index in [1.165, 1.54) is 0 Å². The Balaban J connectivity index is 1.71. The molecule has 2 heterocycles. The molecule has 124 valence electrons. The van der Waals surface area contributed by atoms with Gasteiger partial charge >= 0.3 is 6.03 Å². The summed E-state index contributed by atoms with van der Waals surface area (Å²) in [6.45, 7) is 0.693. The molecule has 2 amide bonds. The number of rotatable bonds is 5. The summed E-state index contributed by atoms with van der Waals surface area (Å²) in [5.41, 5.74) is 7.53. The first kappa shape index (κ1) is 15.8. The average Bonchev–Trinajstić information content (AvgIpc) is 2.60. The monoisotopic (exact) mass is 327 g/mol. The molecular formula is C17H17N3O4. The second-order valence-corrected chi connectivity index (χ2v) is 5.34. The number of urea groups is 1. The molecule has 0 spiro atoms. The number of primary amides is 1. The van der Waals surface area contributed by atoms with Crippen LogP contribution < -0.4 is 15.2 Å². The predicted octanol–water partition coefficient (Wildman–Crippen LogP) is 2.21. The molecule has 7 heteroatoms. The molecule has 3 N–H and O–H groups in total. The van der Waals surface area contributed by atoms with Crippen LogP contribution >= 0.6 is 0 Å². The summed E-state index contributed by atoms with van der Waals surface area (Å²) in [6, 6.07) is 8.38. The number of hydrogen-bond acceptors (Lipinski definition) is 5. The van der Waals surface area contributed by atoms with Crippen LogP contribution in [0.3, 0.4) is 0 Å². The molecule has 2 aromatic rings. The van der Waals surface area contributed by atoms with Crippen molar-refractivity contribution in [3.8, 4) is 11.5 Å². The van der Waals surface area contributed by atoms with Gasteiger partial charge in [0, 0.05) is 23.5 Å². The van der Waals surface area contributed by atoms with Crippen molar-refractivity contribution in [1.82, 2.24) is 10.0 Å². The molecule has 3 rings (SSSR count). The molecule has 0 aliphatic carbocycles. The standard InChI is InChI=1S/C17H17N3O4/c18-17(21)20(22)9-13-6-14-7-15(3-4-16(14)24-11-13)23-10-12-2-1-5-19-8-12/h1-8,22H,9-11H2,(H2,18,21). The van der Waals surface area contributed by atoms with Crippen LogP contribution in [0.2, 0.25) is 0 Å². The highest BCUT2D eigenvalue weighted by Crippen LogP contribution is 2.30. The van der Waals surface area contributed by atoms with Gasteiger partial charge in [0.2, 0.25) is 0 Å². The molecule has 0 unspecified atom stereocenters. The Kier molecular flexibility index (Phi) is 4.62. The summed E-state index contributed by atoms with van der Waals surface area (Å²) in [5.74, 6) is 1.41. The Hall–Kier alpha value is -3.06. The first-order valence-corrected chi connectivity index (χ1v) is 7.35. The quantitative estimate of drug-likeness (QED) is 0.648. The molecule has 0 bridgehead atoms. The van der Waals surface area contributed by atoms with Gasteiger partial charge in [0.1, 0.15) is 24.7 Å². The van der Waals surface area contributed by atoms with Crippen molar-refractivity contribution >= 4 is 12.1 Å². The van der Waals surface area contributed by atoms with Crippen molar-refractivity contribution in [3.63, 3.8) is 0 Å². The summed E-state index contributed by atoms with van der Waals surface area (Å²) in [4.78, 5) is 14.9. The summed E-state index contributed by atoms with van der Waals surface area (Å²) in [7, 11) is 0. The first-order valence-electron chi connectivity index (χ1n) is 7.35. The maximum Gasteiger partial charge on any atom is 0.338 e. The van der Waals surface area contributed by atoms with Crippen molar-refractivity contribution in [3.05, 3.63) is 59.4 Å². The van der Waals surface area contributed by atoms with Gasteiger partial charge in [-0.15, -0.1) is 0 Å². The summed E-state index contributed by atoms with van der Waals surface area (Å²) in [5, 5.41) is 9.87. The van der Waals surface area contributed by atoms with Gasteiger partial charge in [0.15, 0.2) is 0 Å². The van der Waals surface area contributed by atoms with Crippen LogP contribution in [0.25, 0.3) is 6.08 Å². The molecule has 0 atom stereocenters. The van der Waals surface area contributed by atoms with Gasteiger partial charge in [0.05, 0.1) is 6.54 Å². The lowest BCUT2D eigenvalue weighted by Gasteiger charge is -2.21. The number of carbonyl (C=O) groups excluding carboxylic acids is 1. The van der Waals surface area contributed by atoms with Crippen molar-refractivity contribution in [2.45, 2.75) is 6.61 Å². The fourth-order valence-corrected chi connectivity index (χ4v) is 2.30. The van der Waals surface area contributed by atoms with Gasteiger partial charge in [-0.05, 0) is 35.9 Å². The third-order valence-corrected chi connectivity index (χ3v) is 3.49. The maximum absolute atomic E-state index is 10.9. The number of pyridine rings is 1. The number of benzene rings is 1. The molecule has 1 aromatic heterocycles. The number of nitrogens with zero attached hydrogens (tertiary/aromatic N) is 2. The summed E-state index contributed by atoms with van der Waals surface area (Å²) >= 11 is 0. The van der Waals surface area contributed by atoms with Gasteiger partial charge in [-0.2, -0.15) is 0 Å². The van der Waals surface area contributed by atoms with E-state index >= 15 is 0 Å². The molecule has 24 heavy (non-hydrogen) atoms. The fraction of sp³-hybridized carbons (Fsp3) is 0.176. The number of hydroxylamine groups is 2. The van der Waals surface area contributed by atoms with E-state index < -0.39 is 6.03 Å². The molecule has 1 aliphatic rings. The lowest BCUT2D eigenvalue weighted by Crippen LogP contribution is -2.35. The molecule has 1 aliphatic heterocycles. The number of ether oxygens (including phenoxy) is 2. The van der Waals surface area contributed by atoms with Crippen LogP contribution in [0.5, 0.6) is 11.5 Å². The van der Waals surface area contributed by atoms with Crippen molar-refractivity contribution in [2.75, 3.05) is 13.2 Å². The Morgan fingerprint density at radius 3 is 3.04 bits per heavy atom. The number of carbonyl (C=O) groups is 1. The maximum atomic E-state index is 10.9. The highest BCUT2D eigenvalue weighted by molar-refractivity contribution is 5.71. The third-order valence-electron chi connectivity index (χ3n) is 3.49. The number of fused-ring (bicyclic) bond motifs is 1. The zero-order chi connectivity index (χ0) is 16.9. The topological polar surface area (TPSA) is 97.9 Å². The number of amides is 2. The highest BCUT2D eigenvalue weighted by Gasteiger charge is 2.16. The van der Waals surface area contributed by atoms with E-state index in [9.17, 15) is 10.0 Å². The highest BCUT2D eigenvalue weighted by atomic mass is 16.5. The third kappa shape index (κ3) is 3.82. The zero-order valence-electron chi connectivity index (χ0n) is 12.9. The van der Waals surface area contributed by atoms with Crippen LogP contribution in [-0.4, -0.2) is 34.4 Å². The molecule has 0 radical (unpaired) electrons. The Bertz CT molecular complexity index is 762. The average molecular weight is 327 g/mol. The molecule has 0 fully saturated rings. The lowest BCUT2D eigenvalue weighted by atomic mass is 10.1. The minimum atomic E-state index is -0.907. The van der Waals surface area contributed by atoms with E-state index in [0.29, 0.717) is 17.4 Å². The van der Waals surface area contributed by atoms with E-state index in [0.717, 1.165) is 22.4 Å². The van der Waals surface area contributed by atoms with Crippen LogP contribution in [0.1, 0.15) is 11.1 Å². The predicted molar refractivity (Wildman–Crippen MR) is 86.6 cm³/mol. The van der Waals surface area contributed by atoms with Crippen LogP contribution in [0.4, 0.5) is 4.79 Å². The largest absolute Gasteiger partial charge is 0.489 e. The minimum Gasteiger partial charge on any atom is -0.489 e. The van der Waals surface area contributed by atoms with Crippen molar-refractivity contribution in [1.29, 1.82) is 0 Å². The van der Waals surface area contributed by atoms with Gasteiger partial charge < -0.3 is 15.2 Å². The van der Waals surface area contributed by atoms with E-state index in [1.807, 2.05) is 36.4 Å². The van der Waals surface area contributed by atoms with Crippen LogP contribution in [-0.2, 0) is 6.61 Å². The number of hydrogen-bond donors (Lipinski definition) is 2. The number of aromatic nitrogens is 1. The molecule has 7 nitrogen and oxygen atoms in total. The van der Waals surface area contributed by atoms with Gasteiger partial charge in [0.25, 0.3) is 0 Å². The summed E-state index contributed by atoms with van der Waals surface area (Å²) < 4.78 is 11.4. The van der Waals surface area contributed by atoms with Gasteiger partial charge in [-0.25, -0.2) is 9.86 Å². The smallest absolute Gasteiger partial charge is 0.338 e. The first-order chi connectivity index (χ1) is 11.6. The van der Waals surface area contributed by atoms with Gasteiger partial charge in [-0.1, -0.05) is 6.07 Å². The van der Waals surface area contributed by atoms with Crippen LogP contribution in [0, 0.1) is 0 Å².